The van der Waals surface area contributed by atoms with Crippen molar-refractivity contribution < 1.29 is 9.72 Å². The molecule has 0 atom stereocenters. The maximum Gasteiger partial charge on any atom is 0.296 e. The lowest BCUT2D eigenvalue weighted by Crippen LogP contribution is -2.21. The molecule has 0 unspecified atom stereocenters. The molecule has 0 heterocycles. The summed E-state index contributed by atoms with van der Waals surface area (Å²) in [6.45, 7) is -0.713. The molecular formula is C10H13N3O3. The van der Waals surface area contributed by atoms with Gasteiger partial charge in [0.15, 0.2) is 0 Å². The van der Waals surface area contributed by atoms with Crippen molar-refractivity contribution in [2.24, 2.45) is 0 Å². The molecule has 0 saturated heterocycles. The smallest absolute Gasteiger partial charge is 0.296 e. The van der Waals surface area contributed by atoms with Gasteiger partial charge in [-0.05, 0) is 24.3 Å². The lowest BCUT2D eigenvalue weighted by molar-refractivity contribution is -0.467. The lowest BCUT2D eigenvalue weighted by Gasteiger charge is -2.12. The monoisotopic (exact) mass is 223 g/mol. The molecule has 0 bridgehead atoms. The van der Waals surface area contributed by atoms with Crippen molar-refractivity contribution in [2.75, 3.05) is 30.9 Å². The molecule has 1 aromatic carbocycles. The van der Waals surface area contributed by atoms with E-state index in [0.29, 0.717) is 5.69 Å². The molecule has 1 amide bonds. The van der Waals surface area contributed by atoms with Gasteiger partial charge in [-0.1, -0.05) is 0 Å². The van der Waals surface area contributed by atoms with Gasteiger partial charge in [-0.2, -0.15) is 0 Å². The molecule has 0 spiro atoms. The Morgan fingerprint density at radius 3 is 2.38 bits per heavy atom. The number of anilines is 2. The van der Waals surface area contributed by atoms with E-state index in [-0.39, 0.29) is 0 Å². The third-order valence-corrected chi connectivity index (χ3v) is 1.94. The number of hydrogen-bond acceptors (Lipinski definition) is 4. The van der Waals surface area contributed by atoms with Gasteiger partial charge in [-0.15, -0.1) is 0 Å². The van der Waals surface area contributed by atoms with Gasteiger partial charge in [-0.25, -0.2) is 0 Å². The fourth-order valence-electron chi connectivity index (χ4n) is 1.16. The maximum atomic E-state index is 11.1. The third-order valence-electron chi connectivity index (χ3n) is 1.94. The number of carbonyl (C=O) groups is 1. The Morgan fingerprint density at radius 1 is 1.38 bits per heavy atom. The van der Waals surface area contributed by atoms with Gasteiger partial charge in [0.1, 0.15) is 0 Å². The van der Waals surface area contributed by atoms with Crippen LogP contribution in [0.25, 0.3) is 0 Å². The topological polar surface area (TPSA) is 75.5 Å². The standard InChI is InChI=1S/C10H13N3O3/c1-12(2)9-5-3-8(4-6-9)11-10(14)7-13(15)16/h3-6H,7H2,1-2H3,(H,11,14). The number of nitro groups is 1. The Bertz CT molecular complexity index is 387. The van der Waals surface area contributed by atoms with Crippen molar-refractivity contribution in [1.29, 1.82) is 0 Å². The number of nitrogens with zero attached hydrogens (tertiary/aromatic N) is 2. The molecule has 0 aliphatic carbocycles. The zero-order valence-corrected chi connectivity index (χ0v) is 9.14. The lowest BCUT2D eigenvalue weighted by atomic mass is 10.2. The van der Waals surface area contributed by atoms with Crippen LogP contribution in [-0.4, -0.2) is 31.5 Å². The molecule has 6 nitrogen and oxygen atoms in total. The summed E-state index contributed by atoms with van der Waals surface area (Å²) in [5.74, 6) is -0.623. The van der Waals surface area contributed by atoms with E-state index in [4.69, 9.17) is 0 Å². The first kappa shape index (κ1) is 12.0. The minimum atomic E-state index is -0.713. The fraction of sp³-hybridized carbons (Fsp3) is 0.300. The van der Waals surface area contributed by atoms with Crippen molar-refractivity contribution >= 4 is 17.3 Å². The Morgan fingerprint density at radius 2 is 1.94 bits per heavy atom. The molecule has 0 saturated carbocycles. The van der Waals surface area contributed by atoms with Gasteiger partial charge in [0.2, 0.25) is 0 Å². The second-order valence-corrected chi connectivity index (χ2v) is 3.48. The van der Waals surface area contributed by atoms with Crippen molar-refractivity contribution in [3.05, 3.63) is 34.4 Å². The molecule has 1 N–H and O–H groups in total. The molecule has 0 aliphatic heterocycles. The molecule has 0 radical (unpaired) electrons. The average Bonchev–Trinajstić information content (AvgIpc) is 2.16. The van der Waals surface area contributed by atoms with Crippen LogP contribution in [0.2, 0.25) is 0 Å². The first-order valence-corrected chi connectivity index (χ1v) is 4.68. The van der Waals surface area contributed by atoms with Gasteiger partial charge in [0.25, 0.3) is 12.5 Å². The molecule has 0 aromatic heterocycles. The summed E-state index contributed by atoms with van der Waals surface area (Å²) >= 11 is 0. The van der Waals surface area contributed by atoms with E-state index < -0.39 is 17.4 Å². The summed E-state index contributed by atoms with van der Waals surface area (Å²) in [6.07, 6.45) is 0. The van der Waals surface area contributed by atoms with Crippen LogP contribution in [-0.2, 0) is 4.79 Å². The van der Waals surface area contributed by atoms with Crippen molar-refractivity contribution in [1.82, 2.24) is 0 Å². The Labute approximate surface area is 93.0 Å². The molecule has 1 rings (SSSR count). The first-order chi connectivity index (χ1) is 7.49. The number of amides is 1. The van der Waals surface area contributed by atoms with Crippen molar-refractivity contribution in [3.63, 3.8) is 0 Å². The zero-order chi connectivity index (χ0) is 12.1. The predicted molar refractivity (Wildman–Crippen MR) is 61.3 cm³/mol. The predicted octanol–water partition coefficient (Wildman–Crippen LogP) is 0.968. The van der Waals surface area contributed by atoms with E-state index >= 15 is 0 Å². The number of carbonyl (C=O) groups excluding carboxylic acids is 1. The summed E-state index contributed by atoms with van der Waals surface area (Å²) in [6, 6.07) is 7.05. The van der Waals surface area contributed by atoms with E-state index in [9.17, 15) is 14.9 Å². The Balaban J connectivity index is 2.62. The van der Waals surface area contributed by atoms with Crippen LogP contribution in [0.4, 0.5) is 11.4 Å². The van der Waals surface area contributed by atoms with Crippen LogP contribution in [0.5, 0.6) is 0 Å². The minimum absolute atomic E-state index is 0.553. The van der Waals surface area contributed by atoms with Crippen LogP contribution in [0.15, 0.2) is 24.3 Å². The van der Waals surface area contributed by atoms with Crippen LogP contribution in [0.1, 0.15) is 0 Å². The summed E-state index contributed by atoms with van der Waals surface area (Å²) < 4.78 is 0. The van der Waals surface area contributed by atoms with Crippen LogP contribution >= 0.6 is 0 Å². The third kappa shape index (κ3) is 3.56. The van der Waals surface area contributed by atoms with Gasteiger partial charge in [0, 0.05) is 30.4 Å². The summed E-state index contributed by atoms with van der Waals surface area (Å²) in [5.41, 5.74) is 1.55. The molecular weight excluding hydrogens is 210 g/mol. The molecule has 0 fully saturated rings. The number of rotatable bonds is 4. The number of hydrogen-bond donors (Lipinski definition) is 1. The first-order valence-electron chi connectivity index (χ1n) is 4.68. The Hall–Kier alpha value is -2.11. The number of nitrogens with one attached hydrogen (secondary N) is 1. The van der Waals surface area contributed by atoms with E-state index in [0.717, 1.165) is 5.69 Å². The summed E-state index contributed by atoms with van der Waals surface area (Å²) in [7, 11) is 3.81. The maximum absolute atomic E-state index is 11.1. The van der Waals surface area contributed by atoms with Crippen molar-refractivity contribution in [3.8, 4) is 0 Å². The van der Waals surface area contributed by atoms with E-state index in [2.05, 4.69) is 5.32 Å². The largest absolute Gasteiger partial charge is 0.378 e. The van der Waals surface area contributed by atoms with Crippen LogP contribution < -0.4 is 10.2 Å². The SMILES string of the molecule is CN(C)c1ccc(NC(=O)C[N+](=O)[O-])cc1. The normalized spacial score (nSPS) is 9.62. The van der Waals surface area contributed by atoms with Gasteiger partial charge in [-0.3, -0.25) is 14.9 Å². The highest BCUT2D eigenvalue weighted by Crippen LogP contribution is 2.15. The quantitative estimate of drug-likeness (QED) is 0.609. The Kier molecular flexibility index (Phi) is 3.82. The highest BCUT2D eigenvalue weighted by molar-refractivity contribution is 5.91. The second-order valence-electron chi connectivity index (χ2n) is 3.48. The van der Waals surface area contributed by atoms with Gasteiger partial charge >= 0.3 is 0 Å². The van der Waals surface area contributed by atoms with E-state index in [1.165, 1.54) is 0 Å². The molecule has 1 aromatic rings. The molecule has 6 heteroatoms. The summed E-state index contributed by atoms with van der Waals surface area (Å²) in [5, 5.41) is 12.5. The van der Waals surface area contributed by atoms with Gasteiger partial charge < -0.3 is 10.2 Å². The highest BCUT2D eigenvalue weighted by Gasteiger charge is 2.09. The minimum Gasteiger partial charge on any atom is -0.378 e. The van der Waals surface area contributed by atoms with Crippen LogP contribution in [0, 0.1) is 10.1 Å². The van der Waals surface area contributed by atoms with Crippen molar-refractivity contribution in [2.45, 2.75) is 0 Å². The average molecular weight is 223 g/mol. The van der Waals surface area contributed by atoms with E-state index in [1.807, 2.05) is 31.1 Å². The van der Waals surface area contributed by atoms with Gasteiger partial charge in [0.05, 0.1) is 0 Å². The highest BCUT2D eigenvalue weighted by atomic mass is 16.6. The van der Waals surface area contributed by atoms with Crippen LogP contribution in [0.3, 0.4) is 0 Å². The molecule has 16 heavy (non-hydrogen) atoms. The summed E-state index contributed by atoms with van der Waals surface area (Å²) in [4.78, 5) is 22.4. The second kappa shape index (κ2) is 5.11. The fourth-order valence-corrected chi connectivity index (χ4v) is 1.16. The zero-order valence-electron chi connectivity index (χ0n) is 9.14. The molecule has 0 aliphatic rings. The number of benzene rings is 1. The molecule has 86 valence electrons. The van der Waals surface area contributed by atoms with E-state index in [1.54, 1.807) is 12.1 Å².